The lowest BCUT2D eigenvalue weighted by atomic mass is 9.95. The molecule has 1 aliphatic heterocycles. The van der Waals surface area contributed by atoms with Crippen molar-refractivity contribution in [1.82, 2.24) is 14.8 Å². The van der Waals surface area contributed by atoms with E-state index in [0.717, 1.165) is 18.0 Å². The van der Waals surface area contributed by atoms with Crippen LogP contribution in [0.15, 0.2) is 55.0 Å². The quantitative estimate of drug-likeness (QED) is 0.621. The average Bonchev–Trinajstić information content (AvgIpc) is 3.28. The second-order valence-corrected chi connectivity index (χ2v) is 7.69. The van der Waals surface area contributed by atoms with Crippen LogP contribution < -0.4 is 10.2 Å². The number of hydrogen-bond acceptors (Lipinski definition) is 4. The molecule has 1 aliphatic rings. The number of aromatic nitrogens is 3. The van der Waals surface area contributed by atoms with Crippen molar-refractivity contribution >= 4 is 29.0 Å². The van der Waals surface area contributed by atoms with Gasteiger partial charge in [0.15, 0.2) is 0 Å². The molecule has 4 rings (SSSR count). The molecule has 1 fully saturated rings. The van der Waals surface area contributed by atoms with E-state index < -0.39 is 11.7 Å². The van der Waals surface area contributed by atoms with Crippen molar-refractivity contribution in [3.05, 3.63) is 65.6 Å². The topological polar surface area (TPSA) is 63.1 Å². The summed E-state index contributed by atoms with van der Waals surface area (Å²) in [5.74, 6) is 0.00187. The Morgan fingerprint density at radius 2 is 1.94 bits per heavy atom. The fourth-order valence-corrected chi connectivity index (χ4v) is 3.85. The van der Waals surface area contributed by atoms with Crippen LogP contribution >= 0.6 is 11.6 Å². The third-order valence-electron chi connectivity index (χ3n) is 5.20. The van der Waals surface area contributed by atoms with E-state index in [0.29, 0.717) is 37.4 Å². The molecule has 0 radical (unpaired) electrons. The number of carbonyl (C=O) groups is 1. The van der Waals surface area contributed by atoms with Gasteiger partial charge in [0.1, 0.15) is 5.82 Å². The van der Waals surface area contributed by atoms with E-state index in [-0.39, 0.29) is 16.8 Å². The number of rotatable bonds is 4. The molecule has 31 heavy (non-hydrogen) atoms. The number of pyridine rings is 1. The molecule has 0 bridgehead atoms. The second-order valence-electron chi connectivity index (χ2n) is 7.28. The Balaban J connectivity index is 1.37. The molecular weight excluding hydrogens is 431 g/mol. The Morgan fingerprint density at radius 1 is 1.16 bits per heavy atom. The summed E-state index contributed by atoms with van der Waals surface area (Å²) in [5, 5.41) is 7.07. The third-order valence-corrected chi connectivity index (χ3v) is 5.48. The summed E-state index contributed by atoms with van der Waals surface area (Å²) < 4.78 is 40.1. The van der Waals surface area contributed by atoms with E-state index >= 15 is 0 Å². The third kappa shape index (κ3) is 4.82. The van der Waals surface area contributed by atoms with Gasteiger partial charge in [-0.2, -0.15) is 18.3 Å². The fourth-order valence-electron chi connectivity index (χ4n) is 3.56. The lowest BCUT2D eigenvalue weighted by Crippen LogP contribution is -2.38. The van der Waals surface area contributed by atoms with Crippen molar-refractivity contribution in [3.63, 3.8) is 0 Å². The van der Waals surface area contributed by atoms with Gasteiger partial charge >= 0.3 is 6.18 Å². The first-order chi connectivity index (χ1) is 14.8. The minimum absolute atomic E-state index is 0.0480. The minimum Gasteiger partial charge on any atom is -0.355 e. The molecule has 0 aliphatic carbocycles. The van der Waals surface area contributed by atoms with Crippen LogP contribution in [0.4, 0.5) is 24.7 Å². The van der Waals surface area contributed by atoms with Gasteiger partial charge in [-0.25, -0.2) is 9.67 Å². The van der Waals surface area contributed by atoms with Crippen molar-refractivity contribution in [3.8, 4) is 5.69 Å². The van der Waals surface area contributed by atoms with Gasteiger partial charge < -0.3 is 10.2 Å². The van der Waals surface area contributed by atoms with E-state index in [1.54, 1.807) is 10.9 Å². The number of benzene rings is 1. The molecule has 0 atom stereocenters. The normalized spacial score (nSPS) is 15.2. The SMILES string of the molecule is O=C(Nc1cccc(-n2cccn2)c1)C1CCN(c2ncc(C(F)(F)F)cc2Cl)CC1. The maximum Gasteiger partial charge on any atom is 0.417 e. The Kier molecular flexibility index (Phi) is 5.86. The van der Waals surface area contributed by atoms with Crippen LogP contribution in [-0.2, 0) is 11.0 Å². The van der Waals surface area contributed by atoms with Gasteiger partial charge in [-0.3, -0.25) is 4.79 Å². The average molecular weight is 450 g/mol. The maximum absolute atomic E-state index is 12.8. The smallest absolute Gasteiger partial charge is 0.355 e. The zero-order valence-corrected chi connectivity index (χ0v) is 17.1. The van der Waals surface area contributed by atoms with E-state index in [1.165, 1.54) is 0 Å². The monoisotopic (exact) mass is 449 g/mol. The standard InChI is InChI=1S/C21H19ClF3N5O/c22-18-11-15(21(23,24)25)13-26-19(18)29-9-5-14(6-10-29)20(31)28-16-3-1-4-17(12-16)30-8-2-7-27-30/h1-4,7-8,11-14H,5-6,9-10H2,(H,28,31). The highest BCUT2D eigenvalue weighted by Crippen LogP contribution is 2.34. The maximum atomic E-state index is 12.8. The number of nitrogens with one attached hydrogen (secondary N) is 1. The van der Waals surface area contributed by atoms with Crippen molar-refractivity contribution in [1.29, 1.82) is 0 Å². The highest BCUT2D eigenvalue weighted by Gasteiger charge is 2.33. The summed E-state index contributed by atoms with van der Waals surface area (Å²) in [6, 6.07) is 10.1. The van der Waals surface area contributed by atoms with Crippen molar-refractivity contribution in [2.24, 2.45) is 5.92 Å². The molecule has 0 unspecified atom stereocenters. The summed E-state index contributed by atoms with van der Waals surface area (Å²) in [6.45, 7) is 0.951. The number of anilines is 2. The summed E-state index contributed by atoms with van der Waals surface area (Å²) >= 11 is 6.04. The van der Waals surface area contributed by atoms with Crippen LogP contribution in [0.3, 0.4) is 0 Å². The zero-order chi connectivity index (χ0) is 22.0. The molecule has 1 N–H and O–H groups in total. The molecule has 162 valence electrons. The predicted molar refractivity (Wildman–Crippen MR) is 111 cm³/mol. The predicted octanol–water partition coefficient (Wildman–Crippen LogP) is 4.79. The summed E-state index contributed by atoms with van der Waals surface area (Å²) in [4.78, 5) is 18.4. The lowest BCUT2D eigenvalue weighted by molar-refractivity contribution is -0.137. The van der Waals surface area contributed by atoms with Gasteiger partial charge in [0.2, 0.25) is 5.91 Å². The Bertz CT molecular complexity index is 1060. The number of nitrogens with zero attached hydrogens (tertiary/aromatic N) is 4. The van der Waals surface area contributed by atoms with E-state index in [2.05, 4.69) is 15.4 Å². The van der Waals surface area contributed by atoms with Crippen LogP contribution in [0.1, 0.15) is 18.4 Å². The van der Waals surface area contributed by atoms with E-state index in [9.17, 15) is 18.0 Å². The van der Waals surface area contributed by atoms with Gasteiger partial charge in [-0.15, -0.1) is 0 Å². The zero-order valence-electron chi connectivity index (χ0n) is 16.3. The lowest BCUT2D eigenvalue weighted by Gasteiger charge is -2.32. The van der Waals surface area contributed by atoms with Gasteiger partial charge in [0.25, 0.3) is 0 Å². The molecule has 2 aromatic heterocycles. The summed E-state index contributed by atoms with van der Waals surface area (Å²) in [5.41, 5.74) is 0.626. The van der Waals surface area contributed by atoms with Gasteiger partial charge in [-0.05, 0) is 43.2 Å². The van der Waals surface area contributed by atoms with Gasteiger partial charge in [-0.1, -0.05) is 17.7 Å². The minimum atomic E-state index is -4.49. The van der Waals surface area contributed by atoms with Crippen LogP contribution in [0.2, 0.25) is 5.02 Å². The van der Waals surface area contributed by atoms with Crippen molar-refractivity contribution in [2.75, 3.05) is 23.3 Å². The first-order valence-corrected chi connectivity index (χ1v) is 10.1. The number of piperidine rings is 1. The molecule has 6 nitrogen and oxygen atoms in total. The molecule has 1 amide bonds. The van der Waals surface area contributed by atoms with Crippen LogP contribution in [0.25, 0.3) is 5.69 Å². The van der Waals surface area contributed by atoms with E-state index in [4.69, 9.17) is 11.6 Å². The van der Waals surface area contributed by atoms with E-state index in [1.807, 2.05) is 41.4 Å². The van der Waals surface area contributed by atoms with Crippen molar-refractivity contribution < 1.29 is 18.0 Å². The van der Waals surface area contributed by atoms with Gasteiger partial charge in [0.05, 0.1) is 16.3 Å². The molecule has 10 heteroatoms. The van der Waals surface area contributed by atoms with Crippen molar-refractivity contribution in [2.45, 2.75) is 19.0 Å². The fraction of sp³-hybridized carbons (Fsp3) is 0.286. The molecule has 3 aromatic rings. The van der Waals surface area contributed by atoms with Crippen LogP contribution in [-0.4, -0.2) is 33.8 Å². The molecular formula is C21H19ClF3N5O. The number of amides is 1. The highest BCUT2D eigenvalue weighted by atomic mass is 35.5. The number of hydrogen-bond donors (Lipinski definition) is 1. The molecule has 3 heterocycles. The number of halogens is 4. The number of alkyl halides is 3. The summed E-state index contributed by atoms with van der Waals surface area (Å²) in [7, 11) is 0. The number of carbonyl (C=O) groups excluding carboxylic acids is 1. The largest absolute Gasteiger partial charge is 0.417 e. The highest BCUT2D eigenvalue weighted by molar-refractivity contribution is 6.33. The molecule has 1 aromatic carbocycles. The molecule has 0 saturated carbocycles. The summed E-state index contributed by atoms with van der Waals surface area (Å²) in [6.07, 6.45) is 0.878. The van der Waals surface area contributed by atoms with Crippen LogP contribution in [0.5, 0.6) is 0 Å². The molecule has 1 saturated heterocycles. The Hall–Kier alpha value is -3.07. The van der Waals surface area contributed by atoms with Crippen LogP contribution in [0, 0.1) is 5.92 Å². The second kappa shape index (κ2) is 8.58. The van der Waals surface area contributed by atoms with Gasteiger partial charge in [0, 0.05) is 43.3 Å². The Morgan fingerprint density at radius 3 is 2.58 bits per heavy atom. The first-order valence-electron chi connectivity index (χ1n) is 9.70. The first kappa shape index (κ1) is 21.2. The Labute approximate surface area is 181 Å². The molecule has 0 spiro atoms.